The summed E-state index contributed by atoms with van der Waals surface area (Å²) in [5, 5.41) is 13.2. The fourth-order valence-electron chi connectivity index (χ4n) is 1.15. The Morgan fingerprint density at radius 2 is 2.00 bits per heavy atom. The van der Waals surface area contributed by atoms with Crippen molar-refractivity contribution in [2.75, 3.05) is 24.3 Å². The number of thioether (sulfide) groups is 1. The van der Waals surface area contributed by atoms with Gasteiger partial charge in [0.15, 0.2) is 0 Å². The van der Waals surface area contributed by atoms with Crippen molar-refractivity contribution in [3.8, 4) is 0 Å². The molecule has 0 aliphatic carbocycles. The second kappa shape index (κ2) is 9.93. The normalized spacial score (nSPS) is 13.4. The van der Waals surface area contributed by atoms with E-state index in [4.69, 9.17) is 10.8 Å². The van der Waals surface area contributed by atoms with E-state index in [0.717, 1.165) is 0 Å². The molecule has 0 aliphatic heterocycles. The summed E-state index contributed by atoms with van der Waals surface area (Å²) in [5.74, 6) is -1.34. The number of carboxylic acid groups (broad SMARTS) is 1. The van der Waals surface area contributed by atoms with Gasteiger partial charge in [-0.2, -0.15) is 24.4 Å². The fraction of sp³-hybridized carbons (Fsp3) is 0.700. The first-order valence-corrected chi connectivity index (χ1v) is 7.60. The van der Waals surface area contributed by atoms with Gasteiger partial charge in [0.05, 0.1) is 6.04 Å². The third-order valence-corrected chi connectivity index (χ3v) is 3.23. The third-order valence-electron chi connectivity index (χ3n) is 2.19. The first kappa shape index (κ1) is 18.1. The second-order valence-corrected chi connectivity index (χ2v) is 5.09. The number of nitrogens with two attached hydrogens (primary N) is 1. The van der Waals surface area contributed by atoms with Gasteiger partial charge >= 0.3 is 5.97 Å². The van der Waals surface area contributed by atoms with E-state index in [1.54, 1.807) is 0 Å². The molecule has 0 heterocycles. The highest BCUT2D eigenvalue weighted by molar-refractivity contribution is 7.98. The van der Waals surface area contributed by atoms with Crippen LogP contribution in [0.2, 0.25) is 0 Å². The molecule has 0 bridgehead atoms. The van der Waals surface area contributed by atoms with Gasteiger partial charge in [-0.1, -0.05) is 0 Å². The molecule has 0 spiro atoms. The van der Waals surface area contributed by atoms with Gasteiger partial charge in [0.2, 0.25) is 11.8 Å². The molecule has 110 valence electrons. The average Bonchev–Trinajstić information content (AvgIpc) is 2.39. The van der Waals surface area contributed by atoms with Crippen molar-refractivity contribution in [3.63, 3.8) is 0 Å². The number of carbonyl (C=O) groups excluding carboxylic acids is 2. The topological polar surface area (TPSA) is 122 Å². The van der Waals surface area contributed by atoms with E-state index < -0.39 is 36.4 Å². The summed E-state index contributed by atoms with van der Waals surface area (Å²) in [6, 6.07) is -1.59. The molecule has 2 atom stereocenters. The monoisotopic (exact) mass is 309 g/mol. The number of rotatable bonds is 9. The van der Waals surface area contributed by atoms with Crippen LogP contribution in [0.25, 0.3) is 0 Å². The van der Waals surface area contributed by atoms with Gasteiger partial charge in [0, 0.05) is 5.75 Å². The number of carbonyl (C=O) groups is 3. The van der Waals surface area contributed by atoms with Crippen molar-refractivity contribution in [3.05, 3.63) is 0 Å². The first-order valence-electron chi connectivity index (χ1n) is 5.57. The van der Waals surface area contributed by atoms with Crippen LogP contribution in [0.4, 0.5) is 0 Å². The number of hydrogen-bond donors (Lipinski definition) is 5. The van der Waals surface area contributed by atoms with Gasteiger partial charge in [-0.3, -0.25) is 14.4 Å². The summed E-state index contributed by atoms with van der Waals surface area (Å²) < 4.78 is 0. The zero-order valence-electron chi connectivity index (χ0n) is 10.6. The van der Waals surface area contributed by atoms with Crippen molar-refractivity contribution >= 4 is 42.2 Å². The Morgan fingerprint density at radius 1 is 1.37 bits per heavy atom. The summed E-state index contributed by atoms with van der Waals surface area (Å²) in [7, 11) is 0. The van der Waals surface area contributed by atoms with Gasteiger partial charge in [0.25, 0.3) is 0 Å². The minimum Gasteiger partial charge on any atom is -0.480 e. The fourth-order valence-corrected chi connectivity index (χ4v) is 1.79. The smallest absolute Gasteiger partial charge is 0.322 e. The van der Waals surface area contributed by atoms with Crippen LogP contribution in [0.15, 0.2) is 0 Å². The molecule has 2 unspecified atom stereocenters. The molecule has 0 aliphatic rings. The van der Waals surface area contributed by atoms with Crippen LogP contribution < -0.4 is 16.4 Å². The lowest BCUT2D eigenvalue weighted by Gasteiger charge is -2.19. The zero-order chi connectivity index (χ0) is 14.8. The van der Waals surface area contributed by atoms with Crippen LogP contribution in [-0.2, 0) is 14.4 Å². The lowest BCUT2D eigenvalue weighted by atomic mass is 10.2. The van der Waals surface area contributed by atoms with Crippen molar-refractivity contribution in [2.24, 2.45) is 5.73 Å². The molecule has 0 aromatic rings. The summed E-state index contributed by atoms with van der Waals surface area (Å²) in [4.78, 5) is 33.7. The molecular weight excluding hydrogens is 290 g/mol. The Bertz CT molecular complexity index is 328. The largest absolute Gasteiger partial charge is 0.480 e. The van der Waals surface area contributed by atoms with E-state index >= 15 is 0 Å². The number of hydrogen-bond acceptors (Lipinski definition) is 6. The summed E-state index contributed by atoms with van der Waals surface area (Å²) in [6.07, 6.45) is 2.27. The number of amides is 2. The molecule has 0 fully saturated rings. The van der Waals surface area contributed by atoms with Gasteiger partial charge in [-0.25, -0.2) is 0 Å². The van der Waals surface area contributed by atoms with Gasteiger partial charge in [-0.05, 0) is 18.4 Å². The van der Waals surface area contributed by atoms with E-state index in [2.05, 4.69) is 23.3 Å². The van der Waals surface area contributed by atoms with Crippen LogP contribution >= 0.6 is 24.4 Å². The molecule has 0 saturated carbocycles. The SMILES string of the molecule is CSCCC(NC(=O)C(N)CS)C(=O)NCC(=O)O. The van der Waals surface area contributed by atoms with Gasteiger partial charge in [-0.15, -0.1) is 0 Å². The Balaban J connectivity index is 4.47. The second-order valence-electron chi connectivity index (χ2n) is 3.74. The highest BCUT2D eigenvalue weighted by Gasteiger charge is 2.23. The molecule has 0 radical (unpaired) electrons. The van der Waals surface area contributed by atoms with Crippen molar-refractivity contribution < 1.29 is 19.5 Å². The van der Waals surface area contributed by atoms with E-state index in [0.29, 0.717) is 12.2 Å². The maximum atomic E-state index is 11.7. The minimum absolute atomic E-state index is 0.165. The summed E-state index contributed by atoms with van der Waals surface area (Å²) in [6.45, 7) is -0.483. The van der Waals surface area contributed by atoms with Crippen LogP contribution in [-0.4, -0.2) is 59.3 Å². The molecule has 19 heavy (non-hydrogen) atoms. The molecule has 0 saturated heterocycles. The number of nitrogens with one attached hydrogen (secondary N) is 2. The number of thiol groups is 1. The Kier molecular flexibility index (Phi) is 9.44. The third kappa shape index (κ3) is 7.96. The molecule has 0 rings (SSSR count). The molecule has 0 aromatic heterocycles. The first-order chi connectivity index (χ1) is 8.92. The highest BCUT2D eigenvalue weighted by atomic mass is 32.2. The van der Waals surface area contributed by atoms with Crippen molar-refractivity contribution in [1.29, 1.82) is 0 Å². The molecule has 7 nitrogen and oxygen atoms in total. The molecule has 0 aromatic carbocycles. The summed E-state index contributed by atoms with van der Waals surface area (Å²) in [5.41, 5.74) is 5.50. The maximum Gasteiger partial charge on any atom is 0.322 e. The van der Waals surface area contributed by atoms with Crippen LogP contribution in [0, 0.1) is 0 Å². The van der Waals surface area contributed by atoms with Crippen LogP contribution in [0.5, 0.6) is 0 Å². The van der Waals surface area contributed by atoms with E-state index in [-0.39, 0.29) is 5.75 Å². The predicted molar refractivity (Wildman–Crippen MR) is 77.4 cm³/mol. The molecule has 2 amide bonds. The average molecular weight is 309 g/mol. The van der Waals surface area contributed by atoms with Crippen molar-refractivity contribution in [2.45, 2.75) is 18.5 Å². The lowest BCUT2D eigenvalue weighted by Crippen LogP contribution is -2.52. The Hall–Kier alpha value is -0.930. The Morgan fingerprint density at radius 3 is 2.47 bits per heavy atom. The lowest BCUT2D eigenvalue weighted by molar-refractivity contribution is -0.138. The van der Waals surface area contributed by atoms with Crippen molar-refractivity contribution in [1.82, 2.24) is 10.6 Å². The number of aliphatic carboxylic acids is 1. The predicted octanol–water partition coefficient (Wildman–Crippen LogP) is -1.32. The van der Waals surface area contributed by atoms with E-state index in [1.165, 1.54) is 11.8 Å². The minimum atomic E-state index is -1.14. The van der Waals surface area contributed by atoms with Crippen LogP contribution in [0.1, 0.15) is 6.42 Å². The quantitative estimate of drug-likeness (QED) is 0.337. The van der Waals surface area contributed by atoms with E-state index in [9.17, 15) is 14.4 Å². The molecular formula is C10H19N3O4S2. The van der Waals surface area contributed by atoms with E-state index in [1.807, 2.05) is 6.26 Å². The molecule has 9 heteroatoms. The zero-order valence-corrected chi connectivity index (χ0v) is 12.3. The summed E-state index contributed by atoms with van der Waals surface area (Å²) >= 11 is 5.42. The highest BCUT2D eigenvalue weighted by Crippen LogP contribution is 2.01. The van der Waals surface area contributed by atoms with Gasteiger partial charge < -0.3 is 21.5 Å². The van der Waals surface area contributed by atoms with Gasteiger partial charge in [0.1, 0.15) is 12.6 Å². The standard InChI is InChI=1S/C10H19N3O4S2/c1-19-3-2-7(10(17)12-4-8(14)15)13-9(16)6(11)5-18/h6-7,18H,2-5,11H2,1H3,(H,12,17)(H,13,16)(H,14,15). The molecule has 5 N–H and O–H groups in total. The maximum absolute atomic E-state index is 11.7. The Labute approximate surface area is 121 Å². The van der Waals surface area contributed by atoms with Crippen LogP contribution in [0.3, 0.4) is 0 Å². The number of carboxylic acids is 1.